The molecule has 0 spiro atoms. The van der Waals surface area contributed by atoms with E-state index in [4.69, 9.17) is 4.74 Å². The number of unbranched alkanes of at least 4 members (excludes halogenated alkanes) is 1. The lowest BCUT2D eigenvalue weighted by atomic mass is 10.2. The zero-order chi connectivity index (χ0) is 14.3. The molecule has 0 fully saturated rings. The van der Waals surface area contributed by atoms with E-state index in [1.807, 2.05) is 19.9 Å². The molecule has 1 rings (SSSR count). The van der Waals surface area contributed by atoms with Gasteiger partial charge in [-0.15, -0.1) is 0 Å². The van der Waals surface area contributed by atoms with Gasteiger partial charge in [-0.25, -0.2) is 0 Å². The second-order valence-electron chi connectivity index (χ2n) is 4.63. The Balaban J connectivity index is 2.67. The summed E-state index contributed by atoms with van der Waals surface area (Å²) in [5.41, 5.74) is 0.648. The molecule has 1 N–H and O–H groups in total. The van der Waals surface area contributed by atoms with E-state index in [-0.39, 0.29) is 11.9 Å². The van der Waals surface area contributed by atoms with Crippen LogP contribution in [0.4, 0.5) is 0 Å². The summed E-state index contributed by atoms with van der Waals surface area (Å²) in [5.74, 6) is 0.740. The Labute approximate surface area is 123 Å². The van der Waals surface area contributed by atoms with Crippen LogP contribution in [0.5, 0.6) is 5.75 Å². The molecule has 3 nitrogen and oxygen atoms in total. The lowest BCUT2D eigenvalue weighted by Crippen LogP contribution is -2.31. The maximum Gasteiger partial charge on any atom is 0.251 e. The predicted molar refractivity (Wildman–Crippen MR) is 81.8 cm³/mol. The van der Waals surface area contributed by atoms with Crippen molar-refractivity contribution in [1.82, 2.24) is 5.32 Å². The minimum absolute atomic E-state index is 0.0461. The Hall–Kier alpha value is -1.03. The summed E-state index contributed by atoms with van der Waals surface area (Å²) in [4.78, 5) is 12.0. The molecule has 1 amide bonds. The lowest BCUT2D eigenvalue weighted by molar-refractivity contribution is 0.0939. The molecule has 4 heteroatoms. The fourth-order valence-corrected chi connectivity index (χ4v) is 1.99. The highest BCUT2D eigenvalue weighted by atomic mass is 79.9. The Morgan fingerprint density at radius 2 is 2.16 bits per heavy atom. The largest absolute Gasteiger partial charge is 0.492 e. The molecule has 106 valence electrons. The summed E-state index contributed by atoms with van der Waals surface area (Å²) >= 11 is 3.45. The average molecular weight is 328 g/mol. The van der Waals surface area contributed by atoms with Crippen molar-refractivity contribution < 1.29 is 9.53 Å². The molecule has 0 bridgehead atoms. The number of hydrogen-bond donors (Lipinski definition) is 1. The Kier molecular flexibility index (Phi) is 6.92. The quantitative estimate of drug-likeness (QED) is 0.764. The van der Waals surface area contributed by atoms with Crippen LogP contribution in [-0.2, 0) is 0 Å². The normalized spacial score (nSPS) is 12.0. The van der Waals surface area contributed by atoms with Crippen LogP contribution < -0.4 is 10.1 Å². The van der Waals surface area contributed by atoms with Crippen molar-refractivity contribution in [3.8, 4) is 5.75 Å². The topological polar surface area (TPSA) is 38.3 Å². The zero-order valence-electron chi connectivity index (χ0n) is 11.8. The number of hydrogen-bond acceptors (Lipinski definition) is 2. The Bertz CT molecular complexity index is 421. The smallest absolute Gasteiger partial charge is 0.251 e. The Morgan fingerprint density at radius 3 is 2.74 bits per heavy atom. The fourth-order valence-electron chi connectivity index (χ4n) is 1.49. The van der Waals surface area contributed by atoms with Crippen LogP contribution in [-0.4, -0.2) is 18.6 Å². The molecular weight excluding hydrogens is 306 g/mol. The fraction of sp³-hybridized carbons (Fsp3) is 0.533. The first kappa shape index (κ1) is 16.0. The molecule has 1 aromatic carbocycles. The van der Waals surface area contributed by atoms with E-state index in [1.165, 1.54) is 0 Å². The number of benzene rings is 1. The van der Waals surface area contributed by atoms with E-state index in [9.17, 15) is 4.79 Å². The summed E-state index contributed by atoms with van der Waals surface area (Å²) in [6, 6.07) is 5.63. The number of rotatable bonds is 7. The van der Waals surface area contributed by atoms with Crippen LogP contribution >= 0.6 is 15.9 Å². The lowest BCUT2D eigenvalue weighted by Gasteiger charge is -2.13. The van der Waals surface area contributed by atoms with Gasteiger partial charge >= 0.3 is 0 Å². The number of ether oxygens (including phenoxy) is 1. The van der Waals surface area contributed by atoms with Crippen molar-refractivity contribution in [1.29, 1.82) is 0 Å². The monoisotopic (exact) mass is 327 g/mol. The minimum Gasteiger partial charge on any atom is -0.492 e. The first-order valence-electron chi connectivity index (χ1n) is 6.81. The van der Waals surface area contributed by atoms with Gasteiger partial charge in [-0.3, -0.25) is 4.79 Å². The van der Waals surface area contributed by atoms with E-state index in [0.29, 0.717) is 12.2 Å². The molecule has 0 aliphatic rings. The van der Waals surface area contributed by atoms with Crippen molar-refractivity contribution in [2.45, 2.75) is 46.1 Å². The molecule has 0 saturated carbocycles. The predicted octanol–water partition coefficient (Wildman–Crippen LogP) is 4.16. The second-order valence-corrected chi connectivity index (χ2v) is 5.48. The third kappa shape index (κ3) is 5.23. The molecule has 0 aliphatic carbocycles. The average Bonchev–Trinajstić information content (AvgIpc) is 2.40. The molecule has 1 unspecified atom stereocenters. The van der Waals surface area contributed by atoms with Gasteiger partial charge in [0, 0.05) is 11.6 Å². The molecule has 0 radical (unpaired) electrons. The zero-order valence-corrected chi connectivity index (χ0v) is 13.4. The van der Waals surface area contributed by atoms with Gasteiger partial charge in [-0.2, -0.15) is 0 Å². The van der Waals surface area contributed by atoms with Crippen molar-refractivity contribution in [2.75, 3.05) is 6.61 Å². The third-order valence-electron chi connectivity index (χ3n) is 2.94. The van der Waals surface area contributed by atoms with Crippen LogP contribution in [0.25, 0.3) is 0 Å². The standard InChI is InChI=1S/C15H22BrNO2/c1-4-6-9-19-14-8-7-12(10-13(14)16)15(18)17-11(3)5-2/h7-8,10-11H,4-6,9H2,1-3H3,(H,17,18). The highest BCUT2D eigenvalue weighted by Gasteiger charge is 2.11. The maximum absolute atomic E-state index is 12.0. The van der Waals surface area contributed by atoms with Gasteiger partial charge in [0.1, 0.15) is 5.75 Å². The Morgan fingerprint density at radius 1 is 1.42 bits per heavy atom. The molecule has 0 heterocycles. The van der Waals surface area contributed by atoms with Crippen LogP contribution in [0.15, 0.2) is 22.7 Å². The van der Waals surface area contributed by atoms with Crippen molar-refractivity contribution in [2.24, 2.45) is 0 Å². The summed E-state index contributed by atoms with van der Waals surface area (Å²) in [7, 11) is 0. The number of halogens is 1. The molecule has 0 aromatic heterocycles. The van der Waals surface area contributed by atoms with Gasteiger partial charge in [0.2, 0.25) is 0 Å². The highest BCUT2D eigenvalue weighted by Crippen LogP contribution is 2.26. The summed E-state index contributed by atoms with van der Waals surface area (Å²) in [6.45, 7) is 6.87. The number of amides is 1. The van der Waals surface area contributed by atoms with E-state index < -0.39 is 0 Å². The molecule has 1 aromatic rings. The van der Waals surface area contributed by atoms with E-state index in [0.717, 1.165) is 29.5 Å². The van der Waals surface area contributed by atoms with Crippen LogP contribution in [0, 0.1) is 0 Å². The van der Waals surface area contributed by atoms with E-state index >= 15 is 0 Å². The summed E-state index contributed by atoms with van der Waals surface area (Å²) < 4.78 is 6.46. The SMILES string of the molecule is CCCCOc1ccc(C(=O)NC(C)CC)cc1Br. The highest BCUT2D eigenvalue weighted by molar-refractivity contribution is 9.10. The summed E-state index contributed by atoms with van der Waals surface area (Å²) in [5, 5.41) is 2.94. The van der Waals surface area contributed by atoms with Crippen LogP contribution in [0.3, 0.4) is 0 Å². The van der Waals surface area contributed by atoms with Gasteiger partial charge < -0.3 is 10.1 Å². The molecular formula is C15H22BrNO2. The molecule has 1 atom stereocenters. The van der Waals surface area contributed by atoms with E-state index in [1.54, 1.807) is 12.1 Å². The number of nitrogens with one attached hydrogen (secondary N) is 1. The first-order valence-corrected chi connectivity index (χ1v) is 7.61. The van der Waals surface area contributed by atoms with Gasteiger partial charge in [0.05, 0.1) is 11.1 Å². The maximum atomic E-state index is 12.0. The van der Waals surface area contributed by atoms with Gasteiger partial charge in [0.15, 0.2) is 0 Å². The molecule has 0 saturated heterocycles. The van der Waals surface area contributed by atoms with Crippen LogP contribution in [0.2, 0.25) is 0 Å². The van der Waals surface area contributed by atoms with Crippen molar-refractivity contribution >= 4 is 21.8 Å². The second kappa shape index (κ2) is 8.20. The van der Waals surface area contributed by atoms with Gasteiger partial charge in [-0.05, 0) is 53.9 Å². The van der Waals surface area contributed by atoms with Crippen LogP contribution in [0.1, 0.15) is 50.4 Å². The van der Waals surface area contributed by atoms with E-state index in [2.05, 4.69) is 28.2 Å². The summed E-state index contributed by atoms with van der Waals surface area (Å²) in [6.07, 6.45) is 3.06. The van der Waals surface area contributed by atoms with Gasteiger partial charge in [-0.1, -0.05) is 20.3 Å². The van der Waals surface area contributed by atoms with Gasteiger partial charge in [0.25, 0.3) is 5.91 Å². The minimum atomic E-state index is -0.0461. The number of carbonyl (C=O) groups is 1. The molecule has 19 heavy (non-hydrogen) atoms. The number of carbonyl (C=O) groups excluding carboxylic acids is 1. The molecule has 0 aliphatic heterocycles. The van der Waals surface area contributed by atoms with Crippen molar-refractivity contribution in [3.63, 3.8) is 0 Å². The first-order chi connectivity index (χ1) is 9.08. The van der Waals surface area contributed by atoms with Crippen molar-refractivity contribution in [3.05, 3.63) is 28.2 Å². The third-order valence-corrected chi connectivity index (χ3v) is 3.56.